The van der Waals surface area contributed by atoms with E-state index < -0.39 is 0 Å². The number of benzene rings is 1. The van der Waals surface area contributed by atoms with Crippen LogP contribution >= 0.6 is 0 Å². The number of fused-ring (bicyclic) bond motifs is 1. The zero-order chi connectivity index (χ0) is 16.8. The minimum atomic E-state index is 0.645. The lowest BCUT2D eigenvalue weighted by Crippen LogP contribution is -2.12. The molecule has 6 heteroatoms. The Morgan fingerprint density at radius 3 is 2.62 bits per heavy atom. The number of hydrogen-bond donors (Lipinski definition) is 3. The van der Waals surface area contributed by atoms with Gasteiger partial charge in [0.2, 0.25) is 0 Å². The van der Waals surface area contributed by atoms with Crippen LogP contribution in [0, 0.1) is 6.92 Å². The van der Waals surface area contributed by atoms with Gasteiger partial charge in [-0.3, -0.25) is 0 Å². The second-order valence-corrected chi connectivity index (χ2v) is 5.64. The Morgan fingerprint density at radius 2 is 1.83 bits per heavy atom. The van der Waals surface area contributed by atoms with Crippen molar-refractivity contribution in [1.82, 2.24) is 15.0 Å². The molecule has 0 aliphatic heterocycles. The molecule has 0 bridgehead atoms. The van der Waals surface area contributed by atoms with Crippen LogP contribution in [0.5, 0.6) is 0 Å². The van der Waals surface area contributed by atoms with Crippen LogP contribution in [0.3, 0.4) is 0 Å². The van der Waals surface area contributed by atoms with E-state index in [2.05, 4.69) is 50.0 Å². The number of hydrogen-bond acceptors (Lipinski definition) is 5. The minimum absolute atomic E-state index is 0.645. The summed E-state index contributed by atoms with van der Waals surface area (Å²) in [7, 11) is 1.69. The number of anilines is 2. The molecule has 0 saturated heterocycles. The van der Waals surface area contributed by atoms with Gasteiger partial charge in [0.1, 0.15) is 17.5 Å². The fourth-order valence-corrected chi connectivity index (χ4v) is 2.69. The van der Waals surface area contributed by atoms with E-state index in [4.69, 9.17) is 4.74 Å². The molecule has 3 aromatic rings. The van der Waals surface area contributed by atoms with Gasteiger partial charge >= 0.3 is 0 Å². The molecule has 6 nitrogen and oxygen atoms in total. The minimum Gasteiger partial charge on any atom is -0.383 e. The third-order valence-electron chi connectivity index (χ3n) is 3.83. The molecule has 0 unspecified atom stereocenters. The number of aromatic nitrogens is 3. The molecule has 3 N–H and O–H groups in total. The molecule has 24 heavy (non-hydrogen) atoms. The monoisotopic (exact) mass is 325 g/mol. The summed E-state index contributed by atoms with van der Waals surface area (Å²) in [4.78, 5) is 12.1. The molecule has 0 aliphatic rings. The summed E-state index contributed by atoms with van der Waals surface area (Å²) in [5.74, 6) is 2.39. The fourth-order valence-electron chi connectivity index (χ4n) is 2.69. The van der Waals surface area contributed by atoms with Gasteiger partial charge in [-0.15, -0.1) is 0 Å². The number of H-pyrrole nitrogens is 1. The van der Waals surface area contributed by atoms with Gasteiger partial charge < -0.3 is 20.4 Å². The Morgan fingerprint density at radius 1 is 1.08 bits per heavy atom. The Bertz CT molecular complexity index is 799. The van der Waals surface area contributed by atoms with Crippen LogP contribution in [0.4, 0.5) is 11.6 Å². The summed E-state index contributed by atoms with van der Waals surface area (Å²) >= 11 is 0. The number of para-hydroxylation sites is 1. The average Bonchev–Trinajstić information content (AvgIpc) is 2.98. The second kappa shape index (κ2) is 7.79. The number of aryl methyl sites for hydroxylation is 1. The van der Waals surface area contributed by atoms with Crippen LogP contribution in [0.1, 0.15) is 11.4 Å². The largest absolute Gasteiger partial charge is 0.383 e. The van der Waals surface area contributed by atoms with E-state index in [0.29, 0.717) is 6.61 Å². The van der Waals surface area contributed by atoms with Gasteiger partial charge in [-0.1, -0.05) is 18.2 Å². The van der Waals surface area contributed by atoms with Crippen LogP contribution in [0.15, 0.2) is 36.5 Å². The highest BCUT2D eigenvalue weighted by Crippen LogP contribution is 2.18. The van der Waals surface area contributed by atoms with E-state index >= 15 is 0 Å². The maximum Gasteiger partial charge on any atom is 0.131 e. The molecule has 2 aromatic heterocycles. The zero-order valence-electron chi connectivity index (χ0n) is 14.1. The molecule has 0 fully saturated rings. The van der Waals surface area contributed by atoms with Crippen LogP contribution in [0.2, 0.25) is 0 Å². The van der Waals surface area contributed by atoms with Gasteiger partial charge in [-0.2, -0.15) is 0 Å². The first-order valence-corrected chi connectivity index (χ1v) is 8.13. The second-order valence-electron chi connectivity index (χ2n) is 5.64. The average molecular weight is 325 g/mol. The first-order chi connectivity index (χ1) is 11.8. The van der Waals surface area contributed by atoms with E-state index in [1.165, 1.54) is 16.5 Å². The summed E-state index contributed by atoms with van der Waals surface area (Å²) in [6, 6.07) is 10.3. The zero-order valence-corrected chi connectivity index (χ0v) is 14.1. The predicted molar refractivity (Wildman–Crippen MR) is 97.6 cm³/mol. The summed E-state index contributed by atoms with van der Waals surface area (Å²) in [6.07, 6.45) is 3.01. The molecule has 3 rings (SSSR count). The molecular formula is C18H23N5O. The van der Waals surface area contributed by atoms with Crippen molar-refractivity contribution in [3.63, 3.8) is 0 Å². The summed E-state index contributed by atoms with van der Waals surface area (Å²) in [5, 5.41) is 7.89. The highest BCUT2D eigenvalue weighted by atomic mass is 16.5. The summed E-state index contributed by atoms with van der Waals surface area (Å²) in [6.45, 7) is 4.08. The molecule has 0 aliphatic carbocycles. The molecule has 2 heterocycles. The summed E-state index contributed by atoms with van der Waals surface area (Å²) < 4.78 is 5.04. The molecule has 1 aromatic carbocycles. The van der Waals surface area contributed by atoms with Crippen LogP contribution in [0.25, 0.3) is 10.9 Å². The number of nitrogens with one attached hydrogen (secondary N) is 3. The normalized spacial score (nSPS) is 10.9. The fraction of sp³-hybridized carbons (Fsp3) is 0.333. The van der Waals surface area contributed by atoms with E-state index in [1.54, 1.807) is 7.11 Å². The Hall–Kier alpha value is -2.60. The molecule has 0 saturated carbocycles. The smallest absolute Gasteiger partial charge is 0.131 e. The molecule has 0 spiro atoms. The molecular weight excluding hydrogens is 302 g/mol. The van der Waals surface area contributed by atoms with E-state index in [1.807, 2.05) is 19.1 Å². The number of ether oxygens (including phenoxy) is 1. The standard InChI is InChI=1S/C18H23N5O/c1-13-22-17(11-18(23-13)20-9-10-24-2)19-8-7-14-12-21-16-6-4-3-5-15(14)16/h3-6,11-12,21H,7-10H2,1-2H3,(H2,19,20,22,23). The summed E-state index contributed by atoms with van der Waals surface area (Å²) in [5.41, 5.74) is 2.48. The number of rotatable bonds is 8. The maximum absolute atomic E-state index is 5.04. The Labute approximate surface area is 141 Å². The van der Waals surface area contributed by atoms with Crippen molar-refractivity contribution in [3.8, 4) is 0 Å². The quantitative estimate of drug-likeness (QED) is 0.555. The predicted octanol–water partition coefficient (Wildman–Crippen LogP) is 2.98. The van der Waals surface area contributed by atoms with E-state index in [-0.39, 0.29) is 0 Å². The van der Waals surface area contributed by atoms with E-state index in [0.717, 1.165) is 37.0 Å². The number of methoxy groups -OCH3 is 1. The van der Waals surface area contributed by atoms with Crippen LogP contribution < -0.4 is 10.6 Å². The van der Waals surface area contributed by atoms with Crippen molar-refractivity contribution >= 4 is 22.5 Å². The molecule has 0 radical (unpaired) electrons. The number of nitrogens with zero attached hydrogens (tertiary/aromatic N) is 2. The number of aromatic amines is 1. The third-order valence-corrected chi connectivity index (χ3v) is 3.83. The van der Waals surface area contributed by atoms with Gasteiger partial charge in [0.15, 0.2) is 0 Å². The highest BCUT2D eigenvalue weighted by molar-refractivity contribution is 5.83. The molecule has 0 atom stereocenters. The lowest BCUT2D eigenvalue weighted by Gasteiger charge is -2.10. The lowest BCUT2D eigenvalue weighted by atomic mass is 10.1. The van der Waals surface area contributed by atoms with Crippen molar-refractivity contribution in [2.75, 3.05) is 37.4 Å². The SMILES string of the molecule is COCCNc1cc(NCCc2c[nH]c3ccccc23)nc(C)n1. The topological polar surface area (TPSA) is 74.9 Å². The maximum atomic E-state index is 5.04. The van der Waals surface area contributed by atoms with Crippen molar-refractivity contribution < 1.29 is 4.74 Å². The van der Waals surface area contributed by atoms with E-state index in [9.17, 15) is 0 Å². The third kappa shape index (κ3) is 4.02. The van der Waals surface area contributed by atoms with Crippen molar-refractivity contribution in [3.05, 3.63) is 47.9 Å². The van der Waals surface area contributed by atoms with Crippen molar-refractivity contribution in [1.29, 1.82) is 0 Å². The van der Waals surface area contributed by atoms with Crippen molar-refractivity contribution in [2.24, 2.45) is 0 Å². The Kier molecular flexibility index (Phi) is 5.28. The molecule has 0 amide bonds. The van der Waals surface area contributed by atoms with Gasteiger partial charge in [0, 0.05) is 43.4 Å². The van der Waals surface area contributed by atoms with Crippen LogP contribution in [-0.2, 0) is 11.2 Å². The van der Waals surface area contributed by atoms with Gasteiger partial charge in [-0.05, 0) is 25.0 Å². The van der Waals surface area contributed by atoms with Crippen LogP contribution in [-0.4, -0.2) is 41.8 Å². The van der Waals surface area contributed by atoms with Gasteiger partial charge in [0.25, 0.3) is 0 Å². The van der Waals surface area contributed by atoms with Gasteiger partial charge in [0.05, 0.1) is 6.61 Å². The first-order valence-electron chi connectivity index (χ1n) is 8.13. The lowest BCUT2D eigenvalue weighted by molar-refractivity contribution is 0.210. The molecule has 126 valence electrons. The van der Waals surface area contributed by atoms with Crippen molar-refractivity contribution in [2.45, 2.75) is 13.3 Å². The first kappa shape index (κ1) is 16.3. The Balaban J connectivity index is 1.60. The van der Waals surface area contributed by atoms with Gasteiger partial charge in [-0.25, -0.2) is 9.97 Å². The highest BCUT2D eigenvalue weighted by Gasteiger charge is 2.04.